The van der Waals surface area contributed by atoms with Crippen LogP contribution in [0.4, 0.5) is 24.5 Å². The standard InChI is InChI=1S/C29H27ClF3N3O6S/c1-28(2,3)42-27(40)18-6-4-5-17(14-34-26(39)21-9-10-22(30)43-21)24(18)35-25(38)16-7-8-20(19(13-16)29(31,32)33)36-11-12-41-15-23(36)37/h4-10,13H,11-12,14-15H2,1-3H3,(H,34,39)(H,35,38). The highest BCUT2D eigenvalue weighted by Gasteiger charge is 2.37. The van der Waals surface area contributed by atoms with Crippen LogP contribution in [0.2, 0.25) is 4.34 Å². The fourth-order valence-corrected chi connectivity index (χ4v) is 5.15. The van der Waals surface area contributed by atoms with E-state index in [1.54, 1.807) is 32.9 Å². The number of amides is 3. The smallest absolute Gasteiger partial charge is 0.418 e. The number of halogens is 4. The Morgan fingerprint density at radius 1 is 1.07 bits per heavy atom. The van der Waals surface area contributed by atoms with Crippen molar-refractivity contribution in [3.05, 3.63) is 80.0 Å². The predicted molar refractivity (Wildman–Crippen MR) is 155 cm³/mol. The van der Waals surface area contributed by atoms with E-state index in [4.69, 9.17) is 21.1 Å². The lowest BCUT2D eigenvalue weighted by Crippen LogP contribution is -2.42. The van der Waals surface area contributed by atoms with Crippen molar-refractivity contribution in [3.63, 3.8) is 0 Å². The molecule has 0 aliphatic carbocycles. The molecule has 228 valence electrons. The highest BCUT2D eigenvalue weighted by molar-refractivity contribution is 7.18. The molecule has 2 aromatic carbocycles. The van der Waals surface area contributed by atoms with Gasteiger partial charge in [0.1, 0.15) is 12.2 Å². The van der Waals surface area contributed by atoms with Crippen LogP contribution in [0, 0.1) is 0 Å². The van der Waals surface area contributed by atoms with Crippen molar-refractivity contribution in [1.82, 2.24) is 5.32 Å². The number of carbonyl (C=O) groups is 4. The third-order valence-corrected chi connectivity index (χ3v) is 7.32. The molecule has 1 aliphatic heterocycles. The van der Waals surface area contributed by atoms with Crippen molar-refractivity contribution in [2.24, 2.45) is 0 Å². The van der Waals surface area contributed by atoms with Gasteiger partial charge >= 0.3 is 12.1 Å². The van der Waals surface area contributed by atoms with Crippen LogP contribution in [0.25, 0.3) is 0 Å². The molecule has 9 nitrogen and oxygen atoms in total. The first-order chi connectivity index (χ1) is 20.1. The molecule has 1 aromatic heterocycles. The number of hydrogen-bond acceptors (Lipinski definition) is 7. The van der Waals surface area contributed by atoms with Gasteiger partial charge in [0.15, 0.2) is 0 Å². The minimum absolute atomic E-state index is 0.0488. The summed E-state index contributed by atoms with van der Waals surface area (Å²) in [7, 11) is 0. The predicted octanol–water partition coefficient (Wildman–Crippen LogP) is 5.92. The highest BCUT2D eigenvalue weighted by atomic mass is 35.5. The number of morpholine rings is 1. The summed E-state index contributed by atoms with van der Waals surface area (Å²) in [5, 5.41) is 5.23. The summed E-state index contributed by atoms with van der Waals surface area (Å²) in [6, 6.07) is 10.4. The van der Waals surface area contributed by atoms with E-state index in [0.717, 1.165) is 28.4 Å². The van der Waals surface area contributed by atoms with Gasteiger partial charge in [0.25, 0.3) is 17.7 Å². The zero-order chi connectivity index (χ0) is 31.5. The topological polar surface area (TPSA) is 114 Å². The number of para-hydroxylation sites is 1. The first-order valence-electron chi connectivity index (χ1n) is 12.9. The van der Waals surface area contributed by atoms with Crippen LogP contribution >= 0.6 is 22.9 Å². The summed E-state index contributed by atoms with van der Waals surface area (Å²) in [5.74, 6) is -2.85. The Hall–Kier alpha value is -3.94. The van der Waals surface area contributed by atoms with E-state index >= 15 is 0 Å². The van der Waals surface area contributed by atoms with Gasteiger partial charge in [-0.3, -0.25) is 14.4 Å². The Balaban J connectivity index is 1.68. The lowest BCUT2D eigenvalue weighted by Gasteiger charge is -2.29. The number of ether oxygens (including phenoxy) is 2. The van der Waals surface area contributed by atoms with Gasteiger partial charge in [0.05, 0.1) is 38.3 Å². The monoisotopic (exact) mass is 637 g/mol. The number of benzene rings is 2. The number of rotatable bonds is 7. The maximum atomic E-state index is 14.1. The van der Waals surface area contributed by atoms with Gasteiger partial charge < -0.3 is 25.0 Å². The summed E-state index contributed by atoms with van der Waals surface area (Å²) in [5.41, 5.74) is -2.68. The number of alkyl halides is 3. The maximum absolute atomic E-state index is 14.1. The molecule has 0 bridgehead atoms. The lowest BCUT2D eigenvalue weighted by molar-refractivity contribution is -0.137. The molecule has 1 aliphatic rings. The number of nitrogens with one attached hydrogen (secondary N) is 2. The molecule has 3 amide bonds. The molecule has 0 saturated carbocycles. The van der Waals surface area contributed by atoms with Gasteiger partial charge in [0, 0.05) is 18.7 Å². The van der Waals surface area contributed by atoms with E-state index in [1.807, 2.05) is 0 Å². The number of carbonyl (C=O) groups excluding carboxylic acids is 4. The molecule has 2 heterocycles. The Bertz CT molecular complexity index is 1570. The summed E-state index contributed by atoms with van der Waals surface area (Å²) < 4.78 is 53.2. The van der Waals surface area contributed by atoms with Gasteiger partial charge in [-0.1, -0.05) is 23.7 Å². The summed E-state index contributed by atoms with van der Waals surface area (Å²) in [6.07, 6.45) is -4.89. The molecule has 14 heteroatoms. The zero-order valence-corrected chi connectivity index (χ0v) is 24.8. The maximum Gasteiger partial charge on any atom is 0.418 e. The van der Waals surface area contributed by atoms with Crippen molar-refractivity contribution >= 4 is 58.0 Å². The average molecular weight is 638 g/mol. The fourth-order valence-electron chi connectivity index (χ4n) is 4.20. The number of esters is 1. The first kappa shape index (κ1) is 32.0. The molecular weight excluding hydrogens is 611 g/mol. The van der Waals surface area contributed by atoms with Gasteiger partial charge in [-0.25, -0.2) is 4.79 Å². The second-order valence-electron chi connectivity index (χ2n) is 10.4. The quantitative estimate of drug-likeness (QED) is 0.311. The number of nitrogens with zero attached hydrogens (tertiary/aromatic N) is 1. The Morgan fingerprint density at radius 3 is 2.44 bits per heavy atom. The molecule has 0 unspecified atom stereocenters. The number of thiophene rings is 1. The Labute approximate surface area is 253 Å². The molecule has 3 aromatic rings. The summed E-state index contributed by atoms with van der Waals surface area (Å²) in [4.78, 5) is 52.6. The third-order valence-electron chi connectivity index (χ3n) is 6.09. The fraction of sp³-hybridized carbons (Fsp3) is 0.310. The lowest BCUT2D eigenvalue weighted by atomic mass is 10.0. The van der Waals surface area contributed by atoms with E-state index in [0.29, 0.717) is 20.8 Å². The minimum Gasteiger partial charge on any atom is -0.456 e. The van der Waals surface area contributed by atoms with Crippen LogP contribution in [-0.2, 0) is 27.0 Å². The SMILES string of the molecule is CC(C)(C)OC(=O)c1cccc(CNC(=O)c2ccc(Cl)s2)c1NC(=O)c1ccc(N2CCOCC2=O)c(C(F)(F)F)c1. The van der Waals surface area contributed by atoms with Crippen LogP contribution in [0.1, 0.15) is 62.3 Å². The zero-order valence-electron chi connectivity index (χ0n) is 23.3. The molecule has 0 radical (unpaired) electrons. The van der Waals surface area contributed by atoms with Crippen molar-refractivity contribution in [3.8, 4) is 0 Å². The Kier molecular flexibility index (Phi) is 9.47. The second-order valence-corrected chi connectivity index (χ2v) is 12.1. The van der Waals surface area contributed by atoms with Crippen LogP contribution in [0.3, 0.4) is 0 Å². The number of hydrogen-bond donors (Lipinski definition) is 2. The first-order valence-corrected chi connectivity index (χ1v) is 14.1. The largest absolute Gasteiger partial charge is 0.456 e. The van der Waals surface area contributed by atoms with E-state index in [9.17, 15) is 32.3 Å². The van der Waals surface area contributed by atoms with E-state index in [2.05, 4.69) is 10.6 Å². The molecule has 1 fully saturated rings. The molecule has 43 heavy (non-hydrogen) atoms. The van der Waals surface area contributed by atoms with Gasteiger partial charge in [-0.2, -0.15) is 13.2 Å². The normalized spacial score (nSPS) is 13.9. The third kappa shape index (κ3) is 7.92. The molecule has 0 atom stereocenters. The van der Waals surface area contributed by atoms with Gasteiger partial charge in [-0.15, -0.1) is 11.3 Å². The highest BCUT2D eigenvalue weighted by Crippen LogP contribution is 2.38. The van der Waals surface area contributed by atoms with E-state index < -0.39 is 46.7 Å². The molecular formula is C29H27ClF3N3O6S. The number of anilines is 2. The van der Waals surface area contributed by atoms with Crippen LogP contribution in [-0.4, -0.2) is 49.1 Å². The van der Waals surface area contributed by atoms with Gasteiger partial charge in [0.2, 0.25) is 0 Å². The van der Waals surface area contributed by atoms with E-state index in [-0.39, 0.29) is 43.1 Å². The van der Waals surface area contributed by atoms with Crippen LogP contribution in [0.15, 0.2) is 48.5 Å². The van der Waals surface area contributed by atoms with Crippen molar-refractivity contribution < 1.29 is 41.8 Å². The van der Waals surface area contributed by atoms with Crippen LogP contribution in [0.5, 0.6) is 0 Å². The summed E-state index contributed by atoms with van der Waals surface area (Å²) in [6.45, 7) is 4.43. The minimum atomic E-state index is -4.89. The molecule has 2 N–H and O–H groups in total. The molecule has 4 rings (SSSR count). The van der Waals surface area contributed by atoms with Crippen LogP contribution < -0.4 is 15.5 Å². The Morgan fingerprint density at radius 2 is 1.81 bits per heavy atom. The van der Waals surface area contributed by atoms with Gasteiger partial charge in [-0.05, 0) is 62.7 Å². The van der Waals surface area contributed by atoms with Crippen molar-refractivity contribution in [2.45, 2.75) is 39.1 Å². The van der Waals surface area contributed by atoms with Crippen molar-refractivity contribution in [1.29, 1.82) is 0 Å². The molecule has 0 spiro atoms. The second kappa shape index (κ2) is 12.7. The van der Waals surface area contributed by atoms with E-state index in [1.165, 1.54) is 18.2 Å². The molecule has 1 saturated heterocycles. The summed E-state index contributed by atoms with van der Waals surface area (Å²) >= 11 is 6.97. The average Bonchev–Trinajstić information content (AvgIpc) is 3.37. The van der Waals surface area contributed by atoms with Crippen molar-refractivity contribution in [2.75, 3.05) is 30.0 Å².